The number of aliphatic carboxylic acids is 1. The fraction of sp³-hybridized carbons (Fsp3) is 0.786. The topological polar surface area (TPSA) is 131 Å². The Bertz CT molecular complexity index is 354. The summed E-state index contributed by atoms with van der Waals surface area (Å²) in [4.78, 5) is 27.1. The fourth-order valence-electron chi connectivity index (χ4n) is 2.02. The van der Waals surface area contributed by atoms with E-state index in [9.17, 15) is 9.59 Å². The lowest BCUT2D eigenvalue weighted by molar-refractivity contribution is -0.142. The largest absolute Gasteiger partial charge is 0.480 e. The molecule has 7 nitrogen and oxygen atoms in total. The fourth-order valence-corrected chi connectivity index (χ4v) is 2.02. The van der Waals surface area contributed by atoms with Crippen molar-refractivity contribution in [3.8, 4) is 0 Å². The zero-order chi connectivity index (χ0) is 16.3. The van der Waals surface area contributed by atoms with Crippen molar-refractivity contribution in [2.24, 2.45) is 22.4 Å². The number of carboxylic acids is 1. The van der Waals surface area contributed by atoms with Gasteiger partial charge < -0.3 is 21.9 Å². The van der Waals surface area contributed by atoms with Crippen LogP contribution < -0.4 is 16.8 Å². The van der Waals surface area contributed by atoms with Crippen LogP contribution in [0.2, 0.25) is 0 Å². The Balaban J connectivity index is 4.37. The first-order valence-corrected chi connectivity index (χ1v) is 7.50. The highest BCUT2D eigenvalue weighted by molar-refractivity contribution is 5.84. The Kier molecular flexibility index (Phi) is 10.0. The minimum atomic E-state index is -1.03. The van der Waals surface area contributed by atoms with Crippen molar-refractivity contribution < 1.29 is 14.7 Å². The number of hydrogen-bond donors (Lipinski definition) is 4. The molecule has 2 atom stereocenters. The predicted molar refractivity (Wildman–Crippen MR) is 82.8 cm³/mol. The van der Waals surface area contributed by atoms with Crippen molar-refractivity contribution in [1.82, 2.24) is 5.32 Å². The molecule has 1 unspecified atom stereocenters. The molecular weight excluding hydrogens is 272 g/mol. The number of amides is 1. The predicted octanol–water partition coefficient (Wildman–Crippen LogP) is 0.826. The summed E-state index contributed by atoms with van der Waals surface area (Å²) >= 11 is 0. The third kappa shape index (κ3) is 8.88. The number of aliphatic imine (C=N–C) groups is 1. The number of hydrogen-bond acceptors (Lipinski definition) is 3. The molecule has 6 N–H and O–H groups in total. The van der Waals surface area contributed by atoms with Crippen molar-refractivity contribution in [3.63, 3.8) is 0 Å². The third-order valence-corrected chi connectivity index (χ3v) is 3.33. The van der Waals surface area contributed by atoms with E-state index >= 15 is 0 Å². The number of guanidine groups is 1. The normalized spacial score (nSPS) is 13.2. The molecule has 0 saturated carbocycles. The molecule has 122 valence electrons. The molecule has 0 heterocycles. The highest BCUT2D eigenvalue weighted by Gasteiger charge is 2.23. The first-order valence-electron chi connectivity index (χ1n) is 7.50. The van der Waals surface area contributed by atoms with E-state index in [1.807, 2.05) is 6.92 Å². The van der Waals surface area contributed by atoms with Gasteiger partial charge in [0, 0.05) is 12.5 Å². The van der Waals surface area contributed by atoms with Gasteiger partial charge in [-0.15, -0.1) is 0 Å². The molecular formula is C14H28N4O3. The van der Waals surface area contributed by atoms with Gasteiger partial charge in [0.25, 0.3) is 0 Å². The van der Waals surface area contributed by atoms with E-state index in [-0.39, 0.29) is 17.8 Å². The lowest BCUT2D eigenvalue weighted by Crippen LogP contribution is -2.43. The molecule has 0 bridgehead atoms. The first kappa shape index (κ1) is 19.2. The molecule has 0 rings (SSSR count). The molecule has 0 saturated heterocycles. The number of unbranched alkanes of at least 4 members (excludes halogenated alkanes) is 1. The Morgan fingerprint density at radius 3 is 2.33 bits per heavy atom. The second kappa shape index (κ2) is 10.9. The van der Waals surface area contributed by atoms with Crippen LogP contribution in [0.4, 0.5) is 0 Å². The van der Waals surface area contributed by atoms with Gasteiger partial charge in [-0.05, 0) is 25.7 Å². The van der Waals surface area contributed by atoms with E-state index < -0.39 is 12.0 Å². The molecule has 0 radical (unpaired) electrons. The van der Waals surface area contributed by atoms with E-state index in [1.54, 1.807) is 0 Å². The number of nitrogens with zero attached hydrogens (tertiary/aromatic N) is 1. The van der Waals surface area contributed by atoms with Gasteiger partial charge in [-0.1, -0.05) is 26.7 Å². The van der Waals surface area contributed by atoms with Crippen molar-refractivity contribution in [2.45, 2.75) is 58.4 Å². The van der Waals surface area contributed by atoms with E-state index in [2.05, 4.69) is 17.2 Å². The van der Waals surface area contributed by atoms with Crippen LogP contribution >= 0.6 is 0 Å². The number of nitrogens with one attached hydrogen (secondary N) is 1. The van der Waals surface area contributed by atoms with Crippen LogP contribution in [0.1, 0.15) is 52.4 Å². The molecule has 0 fully saturated rings. The molecule has 21 heavy (non-hydrogen) atoms. The van der Waals surface area contributed by atoms with Crippen LogP contribution in [-0.4, -0.2) is 35.5 Å². The van der Waals surface area contributed by atoms with Gasteiger partial charge in [0.15, 0.2) is 5.96 Å². The number of nitrogens with two attached hydrogens (primary N) is 2. The van der Waals surface area contributed by atoms with E-state index in [0.717, 1.165) is 19.3 Å². The highest BCUT2D eigenvalue weighted by atomic mass is 16.4. The maximum Gasteiger partial charge on any atom is 0.326 e. The molecule has 0 aliphatic carbocycles. The number of carbonyl (C=O) groups is 2. The van der Waals surface area contributed by atoms with E-state index in [0.29, 0.717) is 25.8 Å². The molecule has 0 aliphatic heterocycles. The van der Waals surface area contributed by atoms with Crippen molar-refractivity contribution in [1.29, 1.82) is 0 Å². The molecule has 0 aliphatic rings. The molecule has 0 spiro atoms. The average Bonchev–Trinajstić information content (AvgIpc) is 2.42. The minimum absolute atomic E-state index is 0.0171. The maximum absolute atomic E-state index is 12.1. The molecule has 0 aromatic rings. The zero-order valence-corrected chi connectivity index (χ0v) is 13.0. The van der Waals surface area contributed by atoms with Gasteiger partial charge in [-0.3, -0.25) is 9.79 Å². The average molecular weight is 300 g/mol. The van der Waals surface area contributed by atoms with Gasteiger partial charge >= 0.3 is 5.97 Å². The first-order chi connectivity index (χ1) is 9.92. The summed E-state index contributed by atoms with van der Waals surface area (Å²) in [6.45, 7) is 4.36. The number of carbonyl (C=O) groups excluding carboxylic acids is 1. The van der Waals surface area contributed by atoms with Gasteiger partial charge in [-0.2, -0.15) is 0 Å². The Morgan fingerprint density at radius 1 is 1.19 bits per heavy atom. The summed E-state index contributed by atoms with van der Waals surface area (Å²) in [6.07, 6.45) is 4.30. The molecule has 0 aromatic heterocycles. The van der Waals surface area contributed by atoms with Gasteiger partial charge in [0.05, 0.1) is 0 Å². The summed E-state index contributed by atoms with van der Waals surface area (Å²) < 4.78 is 0. The van der Waals surface area contributed by atoms with Crippen LogP contribution in [0.15, 0.2) is 4.99 Å². The van der Waals surface area contributed by atoms with Gasteiger partial charge in [0.1, 0.15) is 6.04 Å². The van der Waals surface area contributed by atoms with E-state index in [1.165, 1.54) is 0 Å². The van der Waals surface area contributed by atoms with Gasteiger partial charge in [-0.25, -0.2) is 4.79 Å². The second-order valence-corrected chi connectivity index (χ2v) is 5.10. The standard InChI is InChI=1S/C14H28N4O3/c1-3-5-7-10(4-2)12(19)18-11(13(20)21)8-6-9-17-14(15)16/h10-11H,3-9H2,1-2H3,(H,18,19)(H,20,21)(H4,15,16,17)/t10?,11-/m0/s1. The van der Waals surface area contributed by atoms with E-state index in [4.69, 9.17) is 16.6 Å². The Labute approximate surface area is 126 Å². The quantitative estimate of drug-likeness (QED) is 0.255. The molecule has 7 heteroatoms. The summed E-state index contributed by atoms with van der Waals surface area (Å²) in [7, 11) is 0. The summed E-state index contributed by atoms with van der Waals surface area (Å²) in [5, 5.41) is 11.8. The summed E-state index contributed by atoms with van der Waals surface area (Å²) in [5.41, 5.74) is 10.4. The second-order valence-electron chi connectivity index (χ2n) is 5.10. The SMILES string of the molecule is CCCCC(CC)C(=O)N[C@@H](CCCN=C(N)N)C(=O)O. The molecule has 0 aromatic carbocycles. The van der Waals surface area contributed by atoms with Crippen LogP contribution in [0, 0.1) is 5.92 Å². The van der Waals surface area contributed by atoms with Crippen LogP contribution in [-0.2, 0) is 9.59 Å². The lowest BCUT2D eigenvalue weighted by Gasteiger charge is -2.19. The summed E-state index contributed by atoms with van der Waals surface area (Å²) in [6, 6.07) is -0.887. The van der Waals surface area contributed by atoms with Crippen LogP contribution in [0.25, 0.3) is 0 Å². The van der Waals surface area contributed by atoms with Crippen molar-refractivity contribution >= 4 is 17.8 Å². The zero-order valence-electron chi connectivity index (χ0n) is 13.0. The van der Waals surface area contributed by atoms with Crippen molar-refractivity contribution in [3.05, 3.63) is 0 Å². The number of rotatable bonds is 11. The minimum Gasteiger partial charge on any atom is -0.480 e. The summed E-state index contributed by atoms with van der Waals surface area (Å²) in [5.74, 6) is -1.35. The van der Waals surface area contributed by atoms with Crippen LogP contribution in [0.5, 0.6) is 0 Å². The maximum atomic E-state index is 12.1. The monoisotopic (exact) mass is 300 g/mol. The van der Waals surface area contributed by atoms with Crippen molar-refractivity contribution in [2.75, 3.05) is 6.54 Å². The smallest absolute Gasteiger partial charge is 0.326 e. The molecule has 1 amide bonds. The highest BCUT2D eigenvalue weighted by Crippen LogP contribution is 2.13. The Hall–Kier alpha value is -1.79. The Morgan fingerprint density at radius 2 is 1.86 bits per heavy atom. The van der Waals surface area contributed by atoms with Gasteiger partial charge in [0.2, 0.25) is 5.91 Å². The van der Waals surface area contributed by atoms with Crippen LogP contribution in [0.3, 0.4) is 0 Å². The third-order valence-electron chi connectivity index (χ3n) is 3.33. The lowest BCUT2D eigenvalue weighted by atomic mass is 9.97. The number of carboxylic acid groups (broad SMARTS) is 1.